The van der Waals surface area contributed by atoms with Crippen LogP contribution in [0.1, 0.15) is 7.43 Å². The molecule has 0 bridgehead atoms. The maximum atomic E-state index is 2.12. The average Bonchev–Trinajstić information content (AvgIpc) is 3.08. The molecule has 1 heteroatoms. The Morgan fingerprint density at radius 3 is 1.35 bits per heavy atom. The van der Waals surface area contributed by atoms with Crippen LogP contribution in [0.15, 0.2) is 84.9 Å². The molecule has 0 N–H and O–H groups in total. The fraction of sp³-hybridized carbons (Fsp3) is 0.0526. The number of benzene rings is 2. The Labute approximate surface area is 135 Å². The topological polar surface area (TPSA) is 0 Å². The van der Waals surface area contributed by atoms with E-state index in [1.165, 1.54) is 21.5 Å². The fourth-order valence-electron chi connectivity index (χ4n) is 2.14. The van der Waals surface area contributed by atoms with Crippen molar-refractivity contribution in [3.05, 3.63) is 84.9 Å². The molecule has 0 aliphatic carbocycles. The third kappa shape index (κ3) is 3.69. The van der Waals surface area contributed by atoms with Gasteiger partial charge in [-0.3, -0.25) is 0 Å². The third-order valence-corrected chi connectivity index (χ3v) is 3.10. The standard InChI is InChI=1S/2C9H7.CH4.Ti/c2*1-2-5-9-7-3-6-8(9)4-1;;/h2*1-7H;1H4;/q2*-1;;+2. The Morgan fingerprint density at radius 2 is 0.950 bits per heavy atom. The van der Waals surface area contributed by atoms with E-state index in [9.17, 15) is 0 Å². The zero-order valence-corrected chi connectivity index (χ0v) is 12.1. The number of rotatable bonds is 0. The van der Waals surface area contributed by atoms with Gasteiger partial charge in [0, 0.05) is 0 Å². The van der Waals surface area contributed by atoms with Gasteiger partial charge >= 0.3 is 21.7 Å². The van der Waals surface area contributed by atoms with Crippen molar-refractivity contribution in [1.29, 1.82) is 0 Å². The van der Waals surface area contributed by atoms with Gasteiger partial charge in [0.05, 0.1) is 0 Å². The van der Waals surface area contributed by atoms with Crippen molar-refractivity contribution in [1.82, 2.24) is 0 Å². The Balaban J connectivity index is 0.000000182. The van der Waals surface area contributed by atoms with E-state index in [-0.39, 0.29) is 29.1 Å². The van der Waals surface area contributed by atoms with E-state index >= 15 is 0 Å². The third-order valence-electron chi connectivity index (χ3n) is 3.10. The molecule has 0 aliphatic heterocycles. The molecule has 0 nitrogen and oxygen atoms in total. The molecule has 4 rings (SSSR count). The summed E-state index contributed by atoms with van der Waals surface area (Å²) in [6.07, 6.45) is 0. The summed E-state index contributed by atoms with van der Waals surface area (Å²) in [6, 6.07) is 29.3. The first-order chi connectivity index (χ1) is 8.93. The van der Waals surface area contributed by atoms with Crippen LogP contribution >= 0.6 is 0 Å². The van der Waals surface area contributed by atoms with Crippen LogP contribution in [0, 0.1) is 0 Å². The SMILES string of the molecule is C.[Ti+2].c1ccc2[cH-]ccc2c1.c1ccc2[cH-]ccc2c1. The molecular formula is C19H18Ti. The first kappa shape index (κ1) is 16.4. The molecule has 0 atom stereocenters. The first-order valence-corrected chi connectivity index (χ1v) is 6.14. The Morgan fingerprint density at radius 1 is 0.550 bits per heavy atom. The molecule has 0 spiro atoms. The van der Waals surface area contributed by atoms with E-state index < -0.39 is 0 Å². The predicted molar refractivity (Wildman–Crippen MR) is 85.8 cm³/mol. The predicted octanol–water partition coefficient (Wildman–Crippen LogP) is 5.75. The van der Waals surface area contributed by atoms with E-state index in [0.717, 1.165) is 0 Å². The van der Waals surface area contributed by atoms with Crippen molar-refractivity contribution in [2.45, 2.75) is 7.43 Å². The zero-order chi connectivity index (χ0) is 12.2. The molecule has 4 aromatic carbocycles. The Kier molecular flexibility index (Phi) is 6.44. The molecular weight excluding hydrogens is 276 g/mol. The summed E-state index contributed by atoms with van der Waals surface area (Å²) in [6.45, 7) is 0. The molecule has 0 radical (unpaired) electrons. The molecule has 0 saturated carbocycles. The molecule has 0 fully saturated rings. The van der Waals surface area contributed by atoms with Crippen LogP contribution in [0.2, 0.25) is 0 Å². The molecule has 98 valence electrons. The van der Waals surface area contributed by atoms with Crippen molar-refractivity contribution in [2.24, 2.45) is 0 Å². The van der Waals surface area contributed by atoms with E-state index in [2.05, 4.69) is 84.9 Å². The largest absolute Gasteiger partial charge is 2.00 e. The second kappa shape index (κ2) is 7.84. The van der Waals surface area contributed by atoms with Crippen molar-refractivity contribution >= 4 is 21.5 Å². The van der Waals surface area contributed by atoms with E-state index in [4.69, 9.17) is 0 Å². The van der Waals surface area contributed by atoms with Crippen molar-refractivity contribution in [2.75, 3.05) is 0 Å². The van der Waals surface area contributed by atoms with Crippen LogP contribution in [-0.4, -0.2) is 0 Å². The molecule has 0 saturated heterocycles. The Bertz CT molecular complexity index is 620. The average molecular weight is 294 g/mol. The molecule has 20 heavy (non-hydrogen) atoms. The minimum atomic E-state index is 0. The molecule has 0 aromatic heterocycles. The van der Waals surface area contributed by atoms with E-state index in [0.29, 0.717) is 0 Å². The normalized spacial score (nSPS) is 9.20. The van der Waals surface area contributed by atoms with Crippen LogP contribution in [0.5, 0.6) is 0 Å². The van der Waals surface area contributed by atoms with Gasteiger partial charge in [-0.25, -0.2) is 0 Å². The summed E-state index contributed by atoms with van der Waals surface area (Å²) in [4.78, 5) is 0. The van der Waals surface area contributed by atoms with Crippen molar-refractivity contribution in [3.8, 4) is 0 Å². The van der Waals surface area contributed by atoms with Crippen molar-refractivity contribution in [3.63, 3.8) is 0 Å². The number of hydrogen-bond acceptors (Lipinski definition) is 0. The van der Waals surface area contributed by atoms with Crippen LogP contribution < -0.4 is 0 Å². The van der Waals surface area contributed by atoms with Gasteiger partial charge < -0.3 is 0 Å². The quantitative estimate of drug-likeness (QED) is 0.286. The van der Waals surface area contributed by atoms with Gasteiger partial charge in [-0.1, -0.05) is 19.6 Å². The van der Waals surface area contributed by atoms with Crippen LogP contribution in [0.25, 0.3) is 21.5 Å². The fourth-order valence-corrected chi connectivity index (χ4v) is 2.14. The summed E-state index contributed by atoms with van der Waals surface area (Å²) in [5.74, 6) is 0. The second-order valence-corrected chi connectivity index (χ2v) is 4.31. The number of hydrogen-bond donors (Lipinski definition) is 0. The minimum Gasteiger partial charge on any atom is -0.168 e. The summed E-state index contributed by atoms with van der Waals surface area (Å²) in [5.41, 5.74) is 0. The summed E-state index contributed by atoms with van der Waals surface area (Å²) in [5, 5.41) is 5.32. The molecule has 4 aromatic rings. The van der Waals surface area contributed by atoms with Crippen molar-refractivity contribution < 1.29 is 21.7 Å². The van der Waals surface area contributed by atoms with Crippen LogP contribution in [0.4, 0.5) is 0 Å². The van der Waals surface area contributed by atoms with E-state index in [1.807, 2.05) is 0 Å². The summed E-state index contributed by atoms with van der Waals surface area (Å²) < 4.78 is 0. The Hall–Kier alpha value is -1.63. The molecule has 0 aliphatic rings. The zero-order valence-electron chi connectivity index (χ0n) is 10.6. The first-order valence-electron chi connectivity index (χ1n) is 6.14. The monoisotopic (exact) mass is 294 g/mol. The van der Waals surface area contributed by atoms with Crippen LogP contribution in [0.3, 0.4) is 0 Å². The maximum absolute atomic E-state index is 2.12. The molecule has 0 amide bonds. The van der Waals surface area contributed by atoms with Gasteiger partial charge in [0.2, 0.25) is 0 Å². The van der Waals surface area contributed by atoms with Gasteiger partial charge in [-0.2, -0.15) is 35.0 Å². The number of fused-ring (bicyclic) bond motifs is 2. The molecule has 0 unspecified atom stereocenters. The minimum absolute atomic E-state index is 0. The van der Waals surface area contributed by atoms with Crippen LogP contribution in [-0.2, 0) is 21.7 Å². The van der Waals surface area contributed by atoms with Gasteiger partial charge in [-0.15, -0.1) is 59.3 Å². The van der Waals surface area contributed by atoms with Gasteiger partial charge in [0.25, 0.3) is 0 Å². The van der Waals surface area contributed by atoms with Gasteiger partial charge in [0.15, 0.2) is 0 Å². The summed E-state index contributed by atoms with van der Waals surface area (Å²) >= 11 is 0. The van der Waals surface area contributed by atoms with Gasteiger partial charge in [0.1, 0.15) is 0 Å². The molecule has 0 heterocycles. The van der Waals surface area contributed by atoms with E-state index in [1.54, 1.807) is 0 Å². The maximum Gasteiger partial charge on any atom is 2.00 e. The smallest absolute Gasteiger partial charge is 0.168 e. The summed E-state index contributed by atoms with van der Waals surface area (Å²) in [7, 11) is 0. The second-order valence-electron chi connectivity index (χ2n) is 4.31. The van der Waals surface area contributed by atoms with Gasteiger partial charge in [-0.05, 0) is 0 Å².